The highest BCUT2D eigenvalue weighted by molar-refractivity contribution is 5.74. The molecular formula is C20H33N3O2. The highest BCUT2D eigenvalue weighted by atomic mass is 16.5. The van der Waals surface area contributed by atoms with Gasteiger partial charge in [0.25, 0.3) is 0 Å². The SMILES string of the molecule is CCC(NC(=O)N1CCN(CCCCOC)CC1)c1ccc(C)cc1. The average Bonchev–Trinajstić information content (AvgIpc) is 2.64. The molecule has 25 heavy (non-hydrogen) atoms. The van der Waals surface area contributed by atoms with Crippen LogP contribution in [0.5, 0.6) is 0 Å². The first-order valence-corrected chi connectivity index (χ1v) is 9.47. The number of hydrogen-bond acceptors (Lipinski definition) is 3. The van der Waals surface area contributed by atoms with E-state index in [4.69, 9.17) is 4.74 Å². The van der Waals surface area contributed by atoms with Crippen LogP contribution < -0.4 is 5.32 Å². The molecule has 1 unspecified atom stereocenters. The van der Waals surface area contributed by atoms with E-state index < -0.39 is 0 Å². The summed E-state index contributed by atoms with van der Waals surface area (Å²) in [5.74, 6) is 0. The van der Waals surface area contributed by atoms with Crippen molar-refractivity contribution in [2.45, 2.75) is 39.2 Å². The molecule has 0 bridgehead atoms. The summed E-state index contributed by atoms with van der Waals surface area (Å²) >= 11 is 0. The van der Waals surface area contributed by atoms with E-state index in [1.807, 2.05) is 4.90 Å². The Morgan fingerprint density at radius 3 is 2.44 bits per heavy atom. The molecule has 1 heterocycles. The van der Waals surface area contributed by atoms with Crippen molar-refractivity contribution in [3.05, 3.63) is 35.4 Å². The number of aryl methyl sites for hydroxylation is 1. The van der Waals surface area contributed by atoms with Crippen LogP contribution in [0.15, 0.2) is 24.3 Å². The third-order valence-corrected chi connectivity index (χ3v) is 4.92. The predicted octanol–water partition coefficient (Wildman–Crippen LogP) is 3.20. The number of carbonyl (C=O) groups excluding carboxylic acids is 1. The molecule has 1 fully saturated rings. The zero-order valence-corrected chi connectivity index (χ0v) is 16.0. The predicted molar refractivity (Wildman–Crippen MR) is 102 cm³/mol. The molecule has 1 saturated heterocycles. The molecule has 1 aliphatic heterocycles. The molecule has 1 aromatic rings. The van der Waals surface area contributed by atoms with Gasteiger partial charge in [-0.2, -0.15) is 0 Å². The van der Waals surface area contributed by atoms with Gasteiger partial charge < -0.3 is 15.0 Å². The van der Waals surface area contributed by atoms with E-state index in [9.17, 15) is 4.79 Å². The molecule has 1 atom stereocenters. The Bertz CT molecular complexity index is 510. The number of carbonyl (C=O) groups is 1. The number of amides is 2. The van der Waals surface area contributed by atoms with Crippen LogP contribution in [0.3, 0.4) is 0 Å². The number of hydrogen-bond donors (Lipinski definition) is 1. The van der Waals surface area contributed by atoms with E-state index in [2.05, 4.69) is 48.3 Å². The number of methoxy groups -OCH3 is 1. The van der Waals surface area contributed by atoms with Crippen molar-refractivity contribution in [1.29, 1.82) is 0 Å². The molecule has 5 nitrogen and oxygen atoms in total. The van der Waals surface area contributed by atoms with Gasteiger partial charge in [-0.15, -0.1) is 0 Å². The summed E-state index contributed by atoms with van der Waals surface area (Å²) in [5.41, 5.74) is 2.42. The second-order valence-corrected chi connectivity index (χ2v) is 6.85. The topological polar surface area (TPSA) is 44.8 Å². The van der Waals surface area contributed by atoms with Gasteiger partial charge in [0, 0.05) is 39.9 Å². The first kappa shape index (κ1) is 19.7. The number of rotatable bonds is 8. The zero-order valence-electron chi connectivity index (χ0n) is 16.0. The molecule has 1 N–H and O–H groups in total. The highest BCUT2D eigenvalue weighted by Gasteiger charge is 2.22. The lowest BCUT2D eigenvalue weighted by Gasteiger charge is -2.35. The van der Waals surface area contributed by atoms with Crippen molar-refractivity contribution < 1.29 is 9.53 Å². The van der Waals surface area contributed by atoms with Gasteiger partial charge in [-0.1, -0.05) is 36.8 Å². The van der Waals surface area contributed by atoms with Crippen molar-refractivity contribution in [2.24, 2.45) is 0 Å². The molecule has 140 valence electrons. The Hall–Kier alpha value is -1.59. The Kier molecular flexibility index (Phi) is 8.22. The largest absolute Gasteiger partial charge is 0.385 e. The second-order valence-electron chi connectivity index (χ2n) is 6.85. The van der Waals surface area contributed by atoms with Gasteiger partial charge >= 0.3 is 6.03 Å². The smallest absolute Gasteiger partial charge is 0.317 e. The molecule has 0 aromatic heterocycles. The standard InChI is InChI=1S/C20H33N3O2/c1-4-19(18-9-7-17(2)8-10-18)21-20(24)23-14-12-22(13-15-23)11-5-6-16-25-3/h7-10,19H,4-6,11-16H2,1-3H3,(H,21,24). The van der Waals surface area contributed by atoms with Crippen LogP contribution >= 0.6 is 0 Å². The van der Waals surface area contributed by atoms with Gasteiger partial charge in [0.1, 0.15) is 0 Å². The normalized spacial score (nSPS) is 16.7. The molecule has 0 aliphatic carbocycles. The minimum Gasteiger partial charge on any atom is -0.385 e. The van der Waals surface area contributed by atoms with E-state index in [0.29, 0.717) is 0 Å². The number of unbranched alkanes of at least 4 members (excludes halogenated alkanes) is 1. The monoisotopic (exact) mass is 347 g/mol. The number of urea groups is 1. The van der Waals surface area contributed by atoms with Crippen LogP contribution in [0.4, 0.5) is 4.79 Å². The van der Waals surface area contributed by atoms with E-state index >= 15 is 0 Å². The molecule has 1 aliphatic rings. The van der Waals surface area contributed by atoms with Crippen LogP contribution in [0.25, 0.3) is 0 Å². The Balaban J connectivity index is 1.76. The summed E-state index contributed by atoms with van der Waals surface area (Å²) < 4.78 is 5.09. The number of nitrogens with zero attached hydrogens (tertiary/aromatic N) is 2. The fourth-order valence-electron chi connectivity index (χ4n) is 3.22. The lowest BCUT2D eigenvalue weighted by Crippen LogP contribution is -2.52. The van der Waals surface area contributed by atoms with Crippen LogP contribution in [-0.4, -0.2) is 62.3 Å². The van der Waals surface area contributed by atoms with E-state index in [0.717, 1.165) is 58.6 Å². The fraction of sp³-hybridized carbons (Fsp3) is 0.650. The first-order valence-electron chi connectivity index (χ1n) is 9.47. The van der Waals surface area contributed by atoms with Gasteiger partial charge in [0.05, 0.1) is 6.04 Å². The van der Waals surface area contributed by atoms with Crippen molar-refractivity contribution in [2.75, 3.05) is 46.4 Å². The number of ether oxygens (including phenoxy) is 1. The quantitative estimate of drug-likeness (QED) is 0.735. The minimum absolute atomic E-state index is 0.0615. The third-order valence-electron chi connectivity index (χ3n) is 4.92. The summed E-state index contributed by atoms with van der Waals surface area (Å²) in [5, 5.41) is 3.20. The number of benzene rings is 1. The molecule has 1 aromatic carbocycles. The Labute approximate surface area is 152 Å². The van der Waals surface area contributed by atoms with Gasteiger partial charge in [0.2, 0.25) is 0 Å². The summed E-state index contributed by atoms with van der Waals surface area (Å²) in [4.78, 5) is 17.0. The molecule has 2 amide bonds. The minimum atomic E-state index is 0.0615. The summed E-state index contributed by atoms with van der Waals surface area (Å²) in [6.45, 7) is 9.66. The average molecular weight is 348 g/mol. The maximum Gasteiger partial charge on any atom is 0.317 e. The first-order chi connectivity index (χ1) is 12.1. The fourth-order valence-corrected chi connectivity index (χ4v) is 3.22. The van der Waals surface area contributed by atoms with E-state index in [1.54, 1.807) is 7.11 Å². The Morgan fingerprint density at radius 2 is 1.84 bits per heavy atom. The van der Waals surface area contributed by atoms with Crippen LogP contribution in [0.2, 0.25) is 0 Å². The van der Waals surface area contributed by atoms with Crippen LogP contribution in [0.1, 0.15) is 43.4 Å². The molecule has 5 heteroatoms. The summed E-state index contributed by atoms with van der Waals surface area (Å²) in [7, 11) is 1.75. The van der Waals surface area contributed by atoms with Gasteiger partial charge in [-0.05, 0) is 38.3 Å². The molecule has 0 saturated carbocycles. The molecule has 0 spiro atoms. The van der Waals surface area contributed by atoms with Crippen molar-refractivity contribution in [3.63, 3.8) is 0 Å². The Morgan fingerprint density at radius 1 is 1.16 bits per heavy atom. The van der Waals surface area contributed by atoms with Gasteiger partial charge in [-0.3, -0.25) is 4.90 Å². The van der Waals surface area contributed by atoms with Crippen LogP contribution in [-0.2, 0) is 4.74 Å². The number of nitrogens with one attached hydrogen (secondary N) is 1. The lowest BCUT2D eigenvalue weighted by atomic mass is 10.0. The van der Waals surface area contributed by atoms with Crippen molar-refractivity contribution in [1.82, 2.24) is 15.1 Å². The zero-order chi connectivity index (χ0) is 18.1. The van der Waals surface area contributed by atoms with Gasteiger partial charge in [0.15, 0.2) is 0 Å². The maximum absolute atomic E-state index is 12.6. The molecule has 2 rings (SSSR count). The van der Waals surface area contributed by atoms with Gasteiger partial charge in [-0.25, -0.2) is 4.79 Å². The summed E-state index contributed by atoms with van der Waals surface area (Å²) in [6.07, 6.45) is 3.16. The molecule has 0 radical (unpaired) electrons. The maximum atomic E-state index is 12.6. The van der Waals surface area contributed by atoms with E-state index in [1.165, 1.54) is 11.1 Å². The highest BCUT2D eigenvalue weighted by Crippen LogP contribution is 2.18. The van der Waals surface area contributed by atoms with Crippen LogP contribution in [0, 0.1) is 6.92 Å². The van der Waals surface area contributed by atoms with E-state index in [-0.39, 0.29) is 12.1 Å². The molecular weight excluding hydrogens is 314 g/mol. The third kappa shape index (κ3) is 6.33. The van der Waals surface area contributed by atoms with Crippen molar-refractivity contribution in [3.8, 4) is 0 Å². The second kappa shape index (κ2) is 10.4. The number of piperazine rings is 1. The summed E-state index contributed by atoms with van der Waals surface area (Å²) in [6, 6.07) is 8.58. The van der Waals surface area contributed by atoms with Crippen molar-refractivity contribution >= 4 is 6.03 Å². The lowest BCUT2D eigenvalue weighted by molar-refractivity contribution is 0.131.